The minimum Gasteiger partial charge on any atom is -0.290 e. The molecule has 1 N–H and O–H groups in total. The van der Waals surface area contributed by atoms with Gasteiger partial charge in [-0.25, -0.2) is 4.98 Å². The summed E-state index contributed by atoms with van der Waals surface area (Å²) in [6.07, 6.45) is 3.08. The number of nitrogens with zero attached hydrogens (tertiary/aromatic N) is 3. The van der Waals surface area contributed by atoms with E-state index in [1.54, 1.807) is 30.5 Å². The number of hydrogen-bond donors (Lipinski definition) is 1. The highest BCUT2D eigenvalue weighted by Crippen LogP contribution is 2.21. The van der Waals surface area contributed by atoms with Gasteiger partial charge in [0.1, 0.15) is 5.82 Å². The average Bonchev–Trinajstić information content (AvgIpc) is 2.95. The SMILES string of the molecule is Cc1cc(C)cc(NS(=O)(=O)c2cccn2-c2ccnc(Cl)n2)c1. The Hall–Kier alpha value is -2.38. The number of aromatic nitrogens is 3. The smallest absolute Gasteiger partial charge is 0.277 e. The first-order valence-corrected chi connectivity index (χ1v) is 8.99. The Morgan fingerprint density at radius 1 is 1.12 bits per heavy atom. The Morgan fingerprint density at radius 3 is 2.50 bits per heavy atom. The highest BCUT2D eigenvalue weighted by atomic mass is 35.5. The van der Waals surface area contributed by atoms with Gasteiger partial charge >= 0.3 is 0 Å². The van der Waals surface area contributed by atoms with Gasteiger partial charge in [-0.15, -0.1) is 0 Å². The molecule has 3 rings (SSSR count). The summed E-state index contributed by atoms with van der Waals surface area (Å²) in [6.45, 7) is 3.83. The lowest BCUT2D eigenvalue weighted by molar-refractivity contribution is 0.594. The van der Waals surface area contributed by atoms with Crippen LogP contribution in [0.2, 0.25) is 5.28 Å². The minimum absolute atomic E-state index is 0.0480. The molecule has 1 aromatic carbocycles. The molecule has 6 nitrogen and oxygen atoms in total. The number of sulfonamides is 1. The van der Waals surface area contributed by atoms with Gasteiger partial charge in [0.25, 0.3) is 10.0 Å². The maximum absolute atomic E-state index is 12.8. The van der Waals surface area contributed by atoms with Gasteiger partial charge in [-0.2, -0.15) is 13.4 Å². The molecule has 0 aliphatic rings. The molecule has 124 valence electrons. The van der Waals surface area contributed by atoms with Gasteiger partial charge in [-0.3, -0.25) is 9.29 Å². The van der Waals surface area contributed by atoms with E-state index >= 15 is 0 Å². The van der Waals surface area contributed by atoms with Crippen molar-refractivity contribution in [1.29, 1.82) is 0 Å². The van der Waals surface area contributed by atoms with Gasteiger partial charge in [0.05, 0.1) is 0 Å². The number of aryl methyl sites for hydroxylation is 2. The lowest BCUT2D eigenvalue weighted by atomic mass is 10.1. The standard InChI is InChI=1S/C16H15ClN4O2S/c1-11-8-12(2)10-13(9-11)20-24(22,23)15-4-3-7-21(15)14-5-6-18-16(17)19-14/h3-10,20H,1-2H3. The Balaban J connectivity index is 2.01. The lowest BCUT2D eigenvalue weighted by Gasteiger charge is -2.12. The van der Waals surface area contributed by atoms with Crippen molar-refractivity contribution in [3.8, 4) is 5.82 Å². The van der Waals surface area contributed by atoms with Crippen molar-refractivity contribution in [2.24, 2.45) is 0 Å². The summed E-state index contributed by atoms with van der Waals surface area (Å²) in [4.78, 5) is 7.85. The molecule has 0 saturated heterocycles. The molecular weight excluding hydrogens is 348 g/mol. The van der Waals surface area contributed by atoms with E-state index in [9.17, 15) is 8.42 Å². The van der Waals surface area contributed by atoms with E-state index in [1.807, 2.05) is 19.9 Å². The van der Waals surface area contributed by atoms with Crippen molar-refractivity contribution in [1.82, 2.24) is 14.5 Å². The first-order chi connectivity index (χ1) is 11.3. The molecule has 8 heteroatoms. The van der Waals surface area contributed by atoms with E-state index in [1.165, 1.54) is 16.8 Å². The summed E-state index contributed by atoms with van der Waals surface area (Å²) < 4.78 is 29.6. The molecule has 0 aliphatic heterocycles. The molecule has 2 aromatic heterocycles. The van der Waals surface area contributed by atoms with Crippen LogP contribution in [0.1, 0.15) is 11.1 Å². The Morgan fingerprint density at radius 2 is 1.83 bits per heavy atom. The van der Waals surface area contributed by atoms with E-state index < -0.39 is 10.0 Å². The van der Waals surface area contributed by atoms with Crippen LogP contribution in [-0.2, 0) is 10.0 Å². The predicted molar refractivity (Wildman–Crippen MR) is 93.1 cm³/mol. The van der Waals surface area contributed by atoms with Crippen molar-refractivity contribution in [2.75, 3.05) is 4.72 Å². The molecule has 3 aromatic rings. The van der Waals surface area contributed by atoms with Crippen molar-refractivity contribution in [3.05, 3.63) is 65.2 Å². The number of halogens is 1. The van der Waals surface area contributed by atoms with E-state index in [-0.39, 0.29) is 10.3 Å². The van der Waals surface area contributed by atoms with E-state index in [0.29, 0.717) is 11.5 Å². The first-order valence-electron chi connectivity index (χ1n) is 7.12. The van der Waals surface area contributed by atoms with Crippen LogP contribution in [0.3, 0.4) is 0 Å². The van der Waals surface area contributed by atoms with Gasteiger partial charge in [0.2, 0.25) is 5.28 Å². The zero-order valence-electron chi connectivity index (χ0n) is 13.1. The van der Waals surface area contributed by atoms with Crippen LogP contribution in [0.25, 0.3) is 5.82 Å². The zero-order chi connectivity index (χ0) is 17.3. The first kappa shape index (κ1) is 16.5. The maximum atomic E-state index is 12.8. The van der Waals surface area contributed by atoms with Crippen LogP contribution in [0.15, 0.2) is 53.8 Å². The molecule has 0 aliphatic carbocycles. The van der Waals surface area contributed by atoms with Gasteiger partial charge in [-0.05, 0) is 66.9 Å². The molecule has 0 fully saturated rings. The number of hydrogen-bond acceptors (Lipinski definition) is 4. The number of rotatable bonds is 4. The third kappa shape index (κ3) is 3.42. The Labute approximate surface area is 145 Å². The van der Waals surface area contributed by atoms with E-state index in [0.717, 1.165) is 11.1 Å². The van der Waals surface area contributed by atoms with Crippen LogP contribution >= 0.6 is 11.6 Å². The molecule has 0 saturated carbocycles. The Bertz CT molecular complexity index is 979. The maximum Gasteiger partial charge on any atom is 0.277 e. The second-order valence-corrected chi connectivity index (χ2v) is 7.35. The lowest BCUT2D eigenvalue weighted by Crippen LogP contribution is -2.17. The normalized spacial score (nSPS) is 11.5. The summed E-state index contributed by atoms with van der Waals surface area (Å²) in [5, 5.41) is 0.114. The fraction of sp³-hybridized carbons (Fsp3) is 0.125. The summed E-state index contributed by atoms with van der Waals surface area (Å²) in [7, 11) is -3.79. The third-order valence-corrected chi connectivity index (χ3v) is 4.89. The monoisotopic (exact) mass is 362 g/mol. The largest absolute Gasteiger partial charge is 0.290 e. The third-order valence-electron chi connectivity index (χ3n) is 3.32. The van der Waals surface area contributed by atoms with Crippen molar-refractivity contribution < 1.29 is 8.42 Å². The second kappa shape index (κ2) is 6.26. The quantitative estimate of drug-likeness (QED) is 0.722. The summed E-state index contributed by atoms with van der Waals surface area (Å²) in [6, 6.07) is 10.2. The Kier molecular flexibility index (Phi) is 4.29. The molecule has 0 atom stereocenters. The van der Waals surface area contributed by atoms with Crippen molar-refractivity contribution in [2.45, 2.75) is 18.9 Å². The summed E-state index contributed by atoms with van der Waals surface area (Å²) >= 11 is 5.79. The topological polar surface area (TPSA) is 76.9 Å². The van der Waals surface area contributed by atoms with Gasteiger partial charge in [0, 0.05) is 18.1 Å². The summed E-state index contributed by atoms with van der Waals surface area (Å²) in [5.74, 6) is 0.376. The molecule has 0 unspecified atom stereocenters. The fourth-order valence-corrected chi connectivity index (χ4v) is 3.82. The van der Waals surface area contributed by atoms with Crippen LogP contribution in [-0.4, -0.2) is 23.0 Å². The second-order valence-electron chi connectivity index (χ2n) is 5.38. The highest BCUT2D eigenvalue weighted by Gasteiger charge is 2.20. The molecular formula is C16H15ClN4O2S. The molecule has 0 amide bonds. The van der Waals surface area contributed by atoms with E-state index in [4.69, 9.17) is 11.6 Å². The molecule has 2 heterocycles. The molecule has 24 heavy (non-hydrogen) atoms. The number of nitrogens with one attached hydrogen (secondary N) is 1. The summed E-state index contributed by atoms with van der Waals surface area (Å²) in [5.41, 5.74) is 2.47. The fourth-order valence-electron chi connectivity index (χ4n) is 2.47. The number of benzene rings is 1. The van der Waals surface area contributed by atoms with Crippen LogP contribution < -0.4 is 4.72 Å². The van der Waals surface area contributed by atoms with Gasteiger partial charge < -0.3 is 0 Å². The molecule has 0 spiro atoms. The highest BCUT2D eigenvalue weighted by molar-refractivity contribution is 7.92. The zero-order valence-corrected chi connectivity index (χ0v) is 14.6. The van der Waals surface area contributed by atoms with Gasteiger partial charge in [-0.1, -0.05) is 6.07 Å². The number of anilines is 1. The van der Waals surface area contributed by atoms with Crippen LogP contribution in [0.4, 0.5) is 5.69 Å². The average molecular weight is 363 g/mol. The van der Waals surface area contributed by atoms with Crippen LogP contribution in [0, 0.1) is 13.8 Å². The van der Waals surface area contributed by atoms with Gasteiger partial charge in [0.15, 0.2) is 5.03 Å². The van der Waals surface area contributed by atoms with Crippen LogP contribution in [0.5, 0.6) is 0 Å². The van der Waals surface area contributed by atoms with Crippen molar-refractivity contribution in [3.63, 3.8) is 0 Å². The van der Waals surface area contributed by atoms with Crippen molar-refractivity contribution >= 4 is 27.3 Å². The predicted octanol–water partition coefficient (Wildman–Crippen LogP) is 3.34. The van der Waals surface area contributed by atoms with E-state index in [2.05, 4.69) is 14.7 Å². The molecule has 0 radical (unpaired) electrons. The minimum atomic E-state index is -3.79. The molecule has 0 bridgehead atoms.